The largest absolute Gasteiger partial charge is 0.329 e. The standard InChI is InChI=1S/C15H32N2/c1-4-6-12-15(5-2,13-16)17(3)14-10-8-7-9-11-14/h14H,4-13,16H2,1-3H3. The number of rotatable bonds is 7. The van der Waals surface area contributed by atoms with Gasteiger partial charge in [-0.05, 0) is 32.7 Å². The van der Waals surface area contributed by atoms with Crippen molar-refractivity contribution < 1.29 is 0 Å². The lowest BCUT2D eigenvalue weighted by atomic mass is 9.84. The summed E-state index contributed by atoms with van der Waals surface area (Å²) in [5.41, 5.74) is 6.39. The van der Waals surface area contributed by atoms with Crippen molar-refractivity contribution in [2.24, 2.45) is 5.73 Å². The highest BCUT2D eigenvalue weighted by Gasteiger charge is 2.35. The molecule has 1 aliphatic carbocycles. The maximum atomic E-state index is 6.12. The molecule has 0 spiro atoms. The number of unbranched alkanes of at least 4 members (excludes halogenated alkanes) is 1. The Morgan fingerprint density at radius 3 is 2.29 bits per heavy atom. The monoisotopic (exact) mass is 240 g/mol. The normalized spacial score (nSPS) is 21.7. The molecule has 2 heteroatoms. The molecule has 0 aromatic carbocycles. The molecule has 1 unspecified atom stereocenters. The third-order valence-corrected chi connectivity index (χ3v) is 4.90. The van der Waals surface area contributed by atoms with Crippen molar-refractivity contribution in [2.75, 3.05) is 13.6 Å². The topological polar surface area (TPSA) is 29.3 Å². The highest BCUT2D eigenvalue weighted by Crippen LogP contribution is 2.31. The summed E-state index contributed by atoms with van der Waals surface area (Å²) in [6, 6.07) is 0.782. The van der Waals surface area contributed by atoms with Gasteiger partial charge in [-0.3, -0.25) is 4.90 Å². The van der Waals surface area contributed by atoms with Crippen LogP contribution in [0.1, 0.15) is 71.6 Å². The zero-order valence-electron chi connectivity index (χ0n) is 12.2. The van der Waals surface area contributed by atoms with Gasteiger partial charge in [-0.15, -0.1) is 0 Å². The highest BCUT2D eigenvalue weighted by molar-refractivity contribution is 4.93. The average molecular weight is 240 g/mol. The molecule has 0 heterocycles. The van der Waals surface area contributed by atoms with Crippen molar-refractivity contribution in [3.63, 3.8) is 0 Å². The summed E-state index contributed by atoms with van der Waals surface area (Å²) in [4.78, 5) is 2.64. The molecule has 0 radical (unpaired) electrons. The Balaban J connectivity index is 2.66. The van der Waals surface area contributed by atoms with Crippen molar-refractivity contribution in [1.29, 1.82) is 0 Å². The Labute approximate surface area is 108 Å². The number of likely N-dealkylation sites (N-methyl/N-ethyl adjacent to an activating group) is 1. The molecule has 1 aliphatic rings. The second-order valence-corrected chi connectivity index (χ2v) is 5.79. The van der Waals surface area contributed by atoms with E-state index in [1.165, 1.54) is 57.8 Å². The smallest absolute Gasteiger partial charge is 0.0329 e. The van der Waals surface area contributed by atoms with Gasteiger partial charge in [0.2, 0.25) is 0 Å². The quantitative estimate of drug-likeness (QED) is 0.737. The van der Waals surface area contributed by atoms with Crippen LogP contribution in [0.25, 0.3) is 0 Å². The van der Waals surface area contributed by atoms with E-state index >= 15 is 0 Å². The first-order valence-corrected chi connectivity index (χ1v) is 7.63. The first-order valence-electron chi connectivity index (χ1n) is 7.63. The summed E-state index contributed by atoms with van der Waals surface area (Å²) in [6.45, 7) is 5.40. The number of hydrogen-bond donors (Lipinski definition) is 1. The summed E-state index contributed by atoms with van der Waals surface area (Å²) >= 11 is 0. The molecule has 0 aromatic heterocycles. The van der Waals surface area contributed by atoms with Gasteiger partial charge in [0, 0.05) is 18.1 Å². The van der Waals surface area contributed by atoms with Crippen LogP contribution in [0.15, 0.2) is 0 Å². The molecule has 2 nitrogen and oxygen atoms in total. The molecule has 0 aromatic rings. The molecule has 1 rings (SSSR count). The fourth-order valence-corrected chi connectivity index (χ4v) is 3.35. The van der Waals surface area contributed by atoms with Gasteiger partial charge in [0.15, 0.2) is 0 Å². The minimum absolute atomic E-state index is 0.262. The van der Waals surface area contributed by atoms with E-state index in [1.807, 2.05) is 0 Å². The van der Waals surface area contributed by atoms with Crippen LogP contribution < -0.4 is 5.73 Å². The fourth-order valence-electron chi connectivity index (χ4n) is 3.35. The summed E-state index contributed by atoms with van der Waals surface area (Å²) < 4.78 is 0. The average Bonchev–Trinajstić information content (AvgIpc) is 2.41. The predicted octanol–water partition coefficient (Wildman–Crippen LogP) is 3.55. The van der Waals surface area contributed by atoms with E-state index in [0.29, 0.717) is 0 Å². The van der Waals surface area contributed by atoms with Crippen LogP contribution >= 0.6 is 0 Å². The Morgan fingerprint density at radius 2 is 1.82 bits per heavy atom. The van der Waals surface area contributed by atoms with Crippen molar-refractivity contribution in [3.8, 4) is 0 Å². The van der Waals surface area contributed by atoms with Gasteiger partial charge in [-0.25, -0.2) is 0 Å². The molecular formula is C15H32N2. The molecule has 0 amide bonds. The second kappa shape index (κ2) is 7.38. The van der Waals surface area contributed by atoms with Crippen LogP contribution in [0.4, 0.5) is 0 Å². The van der Waals surface area contributed by atoms with E-state index in [0.717, 1.165) is 12.6 Å². The van der Waals surface area contributed by atoms with E-state index < -0.39 is 0 Å². The molecule has 102 valence electrons. The Hall–Kier alpha value is -0.0800. The predicted molar refractivity (Wildman–Crippen MR) is 76.2 cm³/mol. The van der Waals surface area contributed by atoms with Gasteiger partial charge in [-0.1, -0.05) is 46.0 Å². The molecule has 1 fully saturated rings. The van der Waals surface area contributed by atoms with E-state index in [1.54, 1.807) is 0 Å². The van der Waals surface area contributed by atoms with Crippen molar-refractivity contribution in [2.45, 2.75) is 83.2 Å². The lowest BCUT2D eigenvalue weighted by Gasteiger charge is -2.46. The molecule has 0 bridgehead atoms. The first-order chi connectivity index (χ1) is 8.20. The maximum Gasteiger partial charge on any atom is 0.0329 e. The number of hydrogen-bond acceptors (Lipinski definition) is 2. The summed E-state index contributed by atoms with van der Waals surface area (Å²) in [5.74, 6) is 0. The van der Waals surface area contributed by atoms with E-state index in [2.05, 4.69) is 25.8 Å². The SMILES string of the molecule is CCCCC(CC)(CN)N(C)C1CCCCC1. The summed E-state index contributed by atoms with van der Waals surface area (Å²) in [7, 11) is 2.32. The first kappa shape index (κ1) is 15.0. The minimum atomic E-state index is 0.262. The van der Waals surface area contributed by atoms with Crippen molar-refractivity contribution in [1.82, 2.24) is 4.90 Å². The van der Waals surface area contributed by atoms with Crippen LogP contribution in [0.5, 0.6) is 0 Å². The molecule has 0 aliphatic heterocycles. The second-order valence-electron chi connectivity index (χ2n) is 5.79. The van der Waals surface area contributed by atoms with Crippen molar-refractivity contribution in [3.05, 3.63) is 0 Å². The van der Waals surface area contributed by atoms with Crippen LogP contribution in [0.2, 0.25) is 0 Å². The third-order valence-electron chi connectivity index (χ3n) is 4.90. The summed E-state index contributed by atoms with van der Waals surface area (Å²) in [6.07, 6.45) is 12.1. The van der Waals surface area contributed by atoms with Crippen LogP contribution in [0.3, 0.4) is 0 Å². The number of nitrogens with two attached hydrogens (primary N) is 1. The third kappa shape index (κ3) is 3.69. The molecule has 17 heavy (non-hydrogen) atoms. The Morgan fingerprint density at radius 1 is 1.18 bits per heavy atom. The minimum Gasteiger partial charge on any atom is -0.329 e. The Bertz CT molecular complexity index is 193. The van der Waals surface area contributed by atoms with Gasteiger partial charge >= 0.3 is 0 Å². The van der Waals surface area contributed by atoms with E-state index in [9.17, 15) is 0 Å². The zero-order chi connectivity index (χ0) is 12.7. The lowest BCUT2D eigenvalue weighted by molar-refractivity contribution is 0.0454. The zero-order valence-corrected chi connectivity index (χ0v) is 12.2. The number of nitrogens with zero attached hydrogens (tertiary/aromatic N) is 1. The summed E-state index contributed by atoms with van der Waals surface area (Å²) in [5, 5.41) is 0. The lowest BCUT2D eigenvalue weighted by Crippen LogP contribution is -2.56. The van der Waals surface area contributed by atoms with Gasteiger partial charge in [0.1, 0.15) is 0 Å². The van der Waals surface area contributed by atoms with Crippen LogP contribution in [-0.4, -0.2) is 30.1 Å². The van der Waals surface area contributed by atoms with Crippen molar-refractivity contribution >= 4 is 0 Å². The molecule has 1 saturated carbocycles. The highest BCUT2D eigenvalue weighted by atomic mass is 15.2. The van der Waals surface area contributed by atoms with Gasteiger partial charge in [-0.2, -0.15) is 0 Å². The van der Waals surface area contributed by atoms with Crippen LogP contribution in [0, 0.1) is 0 Å². The molecule has 1 atom stereocenters. The molecular weight excluding hydrogens is 208 g/mol. The molecule has 2 N–H and O–H groups in total. The van der Waals surface area contributed by atoms with Gasteiger partial charge in [0.05, 0.1) is 0 Å². The van der Waals surface area contributed by atoms with Gasteiger partial charge < -0.3 is 5.73 Å². The van der Waals surface area contributed by atoms with Gasteiger partial charge in [0.25, 0.3) is 0 Å². The fraction of sp³-hybridized carbons (Fsp3) is 1.00. The Kier molecular flexibility index (Phi) is 6.50. The molecule has 0 saturated heterocycles. The maximum absolute atomic E-state index is 6.12. The van der Waals surface area contributed by atoms with E-state index in [4.69, 9.17) is 5.73 Å². The van der Waals surface area contributed by atoms with E-state index in [-0.39, 0.29) is 5.54 Å². The van der Waals surface area contributed by atoms with Crippen LogP contribution in [-0.2, 0) is 0 Å².